The average molecular weight is 255 g/mol. The second-order valence-electron chi connectivity index (χ2n) is 5.84. The van der Waals surface area contributed by atoms with Crippen LogP contribution in [0.3, 0.4) is 0 Å². The Kier molecular flexibility index (Phi) is 8.30. The zero-order chi connectivity index (χ0) is 14.2. The third-order valence-electron chi connectivity index (χ3n) is 4.61. The topological polar surface area (TPSA) is 29.1 Å². The summed E-state index contributed by atoms with van der Waals surface area (Å²) >= 11 is 0. The molecule has 1 amide bonds. The maximum Gasteiger partial charge on any atom is 0.223 e. The molecule has 0 saturated heterocycles. The zero-order valence-corrected chi connectivity index (χ0v) is 13.3. The van der Waals surface area contributed by atoms with Gasteiger partial charge in [0.25, 0.3) is 0 Å². The molecule has 1 N–H and O–H groups in total. The summed E-state index contributed by atoms with van der Waals surface area (Å²) in [4.78, 5) is 12.1. The zero-order valence-electron chi connectivity index (χ0n) is 13.3. The van der Waals surface area contributed by atoms with Crippen LogP contribution in [0, 0.1) is 11.8 Å². The van der Waals surface area contributed by atoms with E-state index in [1.54, 1.807) is 0 Å². The van der Waals surface area contributed by atoms with Gasteiger partial charge in [-0.3, -0.25) is 4.79 Å². The Morgan fingerprint density at radius 3 is 2.00 bits per heavy atom. The van der Waals surface area contributed by atoms with E-state index in [2.05, 4.69) is 39.9 Å². The summed E-state index contributed by atoms with van der Waals surface area (Å²) in [6.07, 6.45) is 6.52. The predicted molar refractivity (Wildman–Crippen MR) is 79.6 cm³/mol. The normalized spacial score (nSPS) is 15.2. The molecule has 0 aliphatic heterocycles. The van der Waals surface area contributed by atoms with Gasteiger partial charge in [0.05, 0.1) is 0 Å². The summed E-state index contributed by atoms with van der Waals surface area (Å²) in [6, 6.07) is 0. The van der Waals surface area contributed by atoms with Crippen molar-refractivity contribution in [1.29, 1.82) is 0 Å². The number of carbonyl (C=O) groups is 1. The van der Waals surface area contributed by atoms with Crippen molar-refractivity contribution in [1.82, 2.24) is 5.32 Å². The first-order valence-electron chi connectivity index (χ1n) is 7.76. The van der Waals surface area contributed by atoms with E-state index in [-0.39, 0.29) is 17.4 Å². The molecule has 0 fully saturated rings. The number of hydrogen-bond acceptors (Lipinski definition) is 1. The third kappa shape index (κ3) is 5.41. The van der Waals surface area contributed by atoms with Crippen LogP contribution in [0.4, 0.5) is 0 Å². The van der Waals surface area contributed by atoms with Gasteiger partial charge < -0.3 is 5.32 Å². The van der Waals surface area contributed by atoms with Gasteiger partial charge in [0.2, 0.25) is 5.91 Å². The van der Waals surface area contributed by atoms with E-state index in [0.29, 0.717) is 0 Å². The van der Waals surface area contributed by atoms with Gasteiger partial charge in [-0.2, -0.15) is 0 Å². The van der Waals surface area contributed by atoms with Gasteiger partial charge in [0.1, 0.15) is 0 Å². The molecule has 0 bridgehead atoms. The van der Waals surface area contributed by atoms with Crippen LogP contribution in [0.15, 0.2) is 0 Å². The summed E-state index contributed by atoms with van der Waals surface area (Å²) in [5, 5.41) is 3.32. The minimum Gasteiger partial charge on any atom is -0.350 e. The molecule has 0 aromatic heterocycles. The van der Waals surface area contributed by atoms with Gasteiger partial charge in [-0.25, -0.2) is 0 Å². The summed E-state index contributed by atoms with van der Waals surface area (Å²) in [5.41, 5.74) is 0.0178. The summed E-state index contributed by atoms with van der Waals surface area (Å²) < 4.78 is 0. The van der Waals surface area contributed by atoms with Crippen LogP contribution in [0.1, 0.15) is 80.1 Å². The molecule has 0 aromatic carbocycles. The molecule has 0 aliphatic carbocycles. The Morgan fingerprint density at radius 2 is 1.61 bits per heavy atom. The van der Waals surface area contributed by atoms with Crippen molar-refractivity contribution in [2.24, 2.45) is 11.8 Å². The van der Waals surface area contributed by atoms with Crippen molar-refractivity contribution in [3.8, 4) is 0 Å². The first-order valence-corrected chi connectivity index (χ1v) is 7.76. The van der Waals surface area contributed by atoms with E-state index < -0.39 is 0 Å². The molecular weight excluding hydrogens is 222 g/mol. The number of carbonyl (C=O) groups excluding carboxylic acids is 1. The largest absolute Gasteiger partial charge is 0.350 e. The fraction of sp³-hybridized carbons (Fsp3) is 0.938. The number of rotatable bonds is 9. The molecule has 108 valence electrons. The molecule has 2 heteroatoms. The van der Waals surface area contributed by atoms with Gasteiger partial charge in [0, 0.05) is 11.5 Å². The Labute approximate surface area is 114 Å². The summed E-state index contributed by atoms with van der Waals surface area (Å²) in [7, 11) is 0. The van der Waals surface area contributed by atoms with Crippen LogP contribution < -0.4 is 5.32 Å². The minimum absolute atomic E-state index is 0.0178. The molecule has 0 heterocycles. The van der Waals surface area contributed by atoms with Crippen molar-refractivity contribution in [3.05, 3.63) is 0 Å². The lowest BCUT2D eigenvalue weighted by Crippen LogP contribution is -2.49. The van der Waals surface area contributed by atoms with Crippen LogP contribution in [0.5, 0.6) is 0 Å². The Balaban J connectivity index is 4.55. The maximum atomic E-state index is 12.1. The molecule has 0 aromatic rings. The van der Waals surface area contributed by atoms with E-state index >= 15 is 0 Å². The number of nitrogens with one attached hydrogen (secondary N) is 1. The molecule has 2 unspecified atom stereocenters. The van der Waals surface area contributed by atoms with E-state index in [1.807, 2.05) is 6.92 Å². The average Bonchev–Trinajstić information content (AvgIpc) is 2.41. The van der Waals surface area contributed by atoms with Crippen molar-refractivity contribution in [2.45, 2.75) is 85.6 Å². The van der Waals surface area contributed by atoms with E-state index in [4.69, 9.17) is 0 Å². The molecule has 0 saturated carbocycles. The third-order valence-corrected chi connectivity index (χ3v) is 4.61. The molecule has 0 aliphatic rings. The first kappa shape index (κ1) is 17.5. The molecule has 0 rings (SSSR count). The second kappa shape index (κ2) is 8.55. The van der Waals surface area contributed by atoms with E-state index in [0.717, 1.165) is 31.6 Å². The predicted octanol–water partition coefficient (Wildman–Crippen LogP) is 4.53. The first-order chi connectivity index (χ1) is 8.44. The fourth-order valence-electron chi connectivity index (χ4n) is 2.14. The molecule has 0 radical (unpaired) electrons. The lowest BCUT2D eigenvalue weighted by atomic mass is 9.84. The van der Waals surface area contributed by atoms with Gasteiger partial charge in [-0.15, -0.1) is 0 Å². The highest BCUT2D eigenvalue weighted by molar-refractivity contribution is 5.79. The van der Waals surface area contributed by atoms with Crippen LogP contribution in [0.25, 0.3) is 0 Å². The highest BCUT2D eigenvalue weighted by Gasteiger charge is 2.29. The standard InChI is InChI=1S/C16H33NO/c1-7-13(5)11-12-16(9-3,10-4)17-15(18)14(6)8-2/h13-14H,7-12H2,1-6H3,(H,17,18). The quantitative estimate of drug-likeness (QED) is 0.644. The second-order valence-corrected chi connectivity index (χ2v) is 5.84. The minimum atomic E-state index is 0.0178. The lowest BCUT2D eigenvalue weighted by Gasteiger charge is -2.35. The summed E-state index contributed by atoms with van der Waals surface area (Å²) in [6.45, 7) is 13.0. The molecular formula is C16H33NO. The van der Waals surface area contributed by atoms with Crippen molar-refractivity contribution in [2.75, 3.05) is 0 Å². The molecule has 2 nitrogen and oxygen atoms in total. The van der Waals surface area contributed by atoms with Gasteiger partial charge >= 0.3 is 0 Å². The van der Waals surface area contributed by atoms with Crippen molar-refractivity contribution >= 4 is 5.91 Å². The van der Waals surface area contributed by atoms with Crippen LogP contribution in [-0.4, -0.2) is 11.4 Å². The lowest BCUT2D eigenvalue weighted by molar-refractivity contribution is -0.126. The summed E-state index contributed by atoms with van der Waals surface area (Å²) in [5.74, 6) is 1.11. The fourth-order valence-corrected chi connectivity index (χ4v) is 2.14. The maximum absolute atomic E-state index is 12.1. The van der Waals surface area contributed by atoms with E-state index in [1.165, 1.54) is 12.8 Å². The van der Waals surface area contributed by atoms with Gasteiger partial charge in [-0.1, -0.05) is 48.0 Å². The highest BCUT2D eigenvalue weighted by Crippen LogP contribution is 2.25. The van der Waals surface area contributed by atoms with Crippen LogP contribution >= 0.6 is 0 Å². The number of amides is 1. The van der Waals surface area contributed by atoms with Crippen molar-refractivity contribution in [3.63, 3.8) is 0 Å². The molecule has 18 heavy (non-hydrogen) atoms. The Bertz CT molecular complexity index is 233. The van der Waals surface area contributed by atoms with Gasteiger partial charge in [-0.05, 0) is 38.0 Å². The SMILES string of the molecule is CCC(C)CCC(CC)(CC)NC(=O)C(C)CC. The smallest absolute Gasteiger partial charge is 0.223 e. The Hall–Kier alpha value is -0.530. The molecule has 0 spiro atoms. The number of hydrogen-bond donors (Lipinski definition) is 1. The van der Waals surface area contributed by atoms with E-state index in [9.17, 15) is 4.79 Å². The van der Waals surface area contributed by atoms with Crippen molar-refractivity contribution < 1.29 is 4.79 Å². The van der Waals surface area contributed by atoms with Crippen LogP contribution in [0.2, 0.25) is 0 Å². The monoisotopic (exact) mass is 255 g/mol. The molecule has 2 atom stereocenters. The highest BCUT2D eigenvalue weighted by atomic mass is 16.2. The Morgan fingerprint density at radius 1 is 1.06 bits per heavy atom. The van der Waals surface area contributed by atoms with Gasteiger partial charge in [0.15, 0.2) is 0 Å². The van der Waals surface area contributed by atoms with Crippen LogP contribution in [-0.2, 0) is 4.79 Å².